The molecule has 0 atom stereocenters. The molecule has 0 spiro atoms. The highest BCUT2D eigenvalue weighted by Gasteiger charge is 2.27. The fraction of sp³-hybridized carbons (Fsp3) is 0.389. The molecule has 2 aromatic heterocycles. The van der Waals surface area contributed by atoms with E-state index in [4.69, 9.17) is 0 Å². The van der Waals surface area contributed by atoms with E-state index in [2.05, 4.69) is 20.3 Å². The van der Waals surface area contributed by atoms with E-state index in [-0.39, 0.29) is 11.8 Å². The molecular weight excluding hydrogens is 318 g/mol. The fourth-order valence-corrected chi connectivity index (χ4v) is 2.73. The Morgan fingerprint density at radius 1 is 1.12 bits per heavy atom. The molecule has 3 rings (SSSR count). The Morgan fingerprint density at radius 2 is 1.84 bits per heavy atom. The van der Waals surface area contributed by atoms with Crippen molar-refractivity contribution < 1.29 is 9.59 Å². The Kier molecular flexibility index (Phi) is 5.33. The van der Waals surface area contributed by atoms with Crippen LogP contribution in [0.15, 0.2) is 30.6 Å². The Hall–Kier alpha value is -2.83. The molecule has 1 fully saturated rings. The molecule has 130 valence electrons. The van der Waals surface area contributed by atoms with Crippen molar-refractivity contribution in [3.8, 4) is 11.4 Å². The van der Waals surface area contributed by atoms with Crippen LogP contribution in [0.25, 0.3) is 11.4 Å². The van der Waals surface area contributed by atoms with E-state index in [1.165, 1.54) is 4.90 Å². The van der Waals surface area contributed by atoms with E-state index >= 15 is 0 Å². The second-order valence-corrected chi connectivity index (χ2v) is 5.88. The molecule has 3 heterocycles. The molecule has 7 nitrogen and oxygen atoms in total. The standard InChI is InChI=1S/C18H21N5O2/c1-2-14-12-15(22-18(21-14)13-6-9-19-10-7-13)20-8-3-11-23-16(24)4-5-17(23)25/h6-7,9-10,12H,2-5,8,11H2,1H3,(H,20,21,22). The first-order valence-corrected chi connectivity index (χ1v) is 8.53. The minimum absolute atomic E-state index is 0.0692. The molecule has 0 radical (unpaired) electrons. The molecule has 25 heavy (non-hydrogen) atoms. The predicted octanol–water partition coefficient (Wildman–Crippen LogP) is 2.05. The first kappa shape index (κ1) is 17.0. The summed E-state index contributed by atoms with van der Waals surface area (Å²) in [4.78, 5) is 37.7. The number of pyridine rings is 1. The minimum Gasteiger partial charge on any atom is -0.370 e. The summed E-state index contributed by atoms with van der Waals surface area (Å²) in [5.74, 6) is 1.27. The number of hydrogen-bond acceptors (Lipinski definition) is 6. The topological polar surface area (TPSA) is 88.1 Å². The average molecular weight is 339 g/mol. The van der Waals surface area contributed by atoms with Gasteiger partial charge in [-0.3, -0.25) is 19.5 Å². The quantitative estimate of drug-likeness (QED) is 0.613. The van der Waals surface area contributed by atoms with Gasteiger partial charge >= 0.3 is 0 Å². The number of aryl methyl sites for hydroxylation is 1. The third-order valence-corrected chi connectivity index (χ3v) is 4.10. The normalized spacial score (nSPS) is 14.2. The maximum atomic E-state index is 11.6. The fourth-order valence-electron chi connectivity index (χ4n) is 2.73. The van der Waals surface area contributed by atoms with Crippen LogP contribution < -0.4 is 5.32 Å². The molecule has 7 heteroatoms. The van der Waals surface area contributed by atoms with Gasteiger partial charge in [-0.15, -0.1) is 0 Å². The van der Waals surface area contributed by atoms with Crippen LogP contribution in [0.3, 0.4) is 0 Å². The molecule has 1 aliphatic heterocycles. The van der Waals surface area contributed by atoms with Gasteiger partial charge in [0.2, 0.25) is 11.8 Å². The largest absolute Gasteiger partial charge is 0.370 e. The number of hydrogen-bond donors (Lipinski definition) is 1. The van der Waals surface area contributed by atoms with Gasteiger partial charge in [-0.2, -0.15) is 0 Å². The van der Waals surface area contributed by atoms with Crippen LogP contribution in [0.5, 0.6) is 0 Å². The van der Waals surface area contributed by atoms with Crippen LogP contribution in [0.4, 0.5) is 5.82 Å². The van der Waals surface area contributed by atoms with Gasteiger partial charge in [0.15, 0.2) is 5.82 Å². The lowest BCUT2D eigenvalue weighted by Gasteiger charge is -2.14. The summed E-state index contributed by atoms with van der Waals surface area (Å²) in [6.07, 6.45) is 5.61. The number of anilines is 1. The summed E-state index contributed by atoms with van der Waals surface area (Å²) < 4.78 is 0. The number of nitrogens with zero attached hydrogens (tertiary/aromatic N) is 4. The molecule has 1 saturated heterocycles. The van der Waals surface area contributed by atoms with Gasteiger partial charge in [-0.1, -0.05) is 6.92 Å². The van der Waals surface area contributed by atoms with Gasteiger partial charge in [0.1, 0.15) is 5.82 Å². The van der Waals surface area contributed by atoms with Crippen LogP contribution >= 0.6 is 0 Å². The Morgan fingerprint density at radius 3 is 2.52 bits per heavy atom. The zero-order valence-corrected chi connectivity index (χ0v) is 14.2. The molecule has 0 bridgehead atoms. The molecule has 0 aromatic carbocycles. The number of likely N-dealkylation sites (tertiary alicyclic amines) is 1. The van der Waals surface area contributed by atoms with E-state index < -0.39 is 0 Å². The van der Waals surface area contributed by atoms with Gasteiger partial charge < -0.3 is 5.32 Å². The summed E-state index contributed by atoms with van der Waals surface area (Å²) >= 11 is 0. The third kappa shape index (κ3) is 4.17. The van der Waals surface area contributed by atoms with E-state index in [0.29, 0.717) is 38.2 Å². The molecule has 0 saturated carbocycles. The van der Waals surface area contributed by atoms with Crippen molar-refractivity contribution in [3.05, 3.63) is 36.3 Å². The smallest absolute Gasteiger partial charge is 0.229 e. The monoisotopic (exact) mass is 339 g/mol. The summed E-state index contributed by atoms with van der Waals surface area (Å²) in [6.45, 7) is 3.13. The number of carbonyl (C=O) groups is 2. The van der Waals surface area contributed by atoms with E-state index in [0.717, 1.165) is 23.5 Å². The molecule has 0 aliphatic carbocycles. The lowest BCUT2D eigenvalue weighted by Crippen LogP contribution is -2.31. The zero-order valence-electron chi connectivity index (χ0n) is 14.2. The van der Waals surface area contributed by atoms with Crippen molar-refractivity contribution in [2.24, 2.45) is 0 Å². The molecule has 1 aliphatic rings. The number of aromatic nitrogens is 3. The number of carbonyl (C=O) groups excluding carboxylic acids is 2. The van der Waals surface area contributed by atoms with Gasteiger partial charge in [0, 0.05) is 55.6 Å². The number of imide groups is 1. The van der Waals surface area contributed by atoms with Crippen LogP contribution in [-0.2, 0) is 16.0 Å². The van der Waals surface area contributed by atoms with E-state index in [9.17, 15) is 9.59 Å². The molecular formula is C18H21N5O2. The van der Waals surface area contributed by atoms with Crippen molar-refractivity contribution in [3.63, 3.8) is 0 Å². The molecule has 0 unspecified atom stereocenters. The summed E-state index contributed by atoms with van der Waals surface area (Å²) in [5.41, 5.74) is 1.87. The first-order valence-electron chi connectivity index (χ1n) is 8.53. The van der Waals surface area contributed by atoms with Crippen LogP contribution in [-0.4, -0.2) is 44.8 Å². The van der Waals surface area contributed by atoms with Crippen LogP contribution in [0, 0.1) is 0 Å². The van der Waals surface area contributed by atoms with Crippen molar-refractivity contribution in [1.29, 1.82) is 0 Å². The average Bonchev–Trinajstić information content (AvgIpc) is 2.97. The summed E-state index contributed by atoms with van der Waals surface area (Å²) in [5, 5.41) is 3.27. The highest BCUT2D eigenvalue weighted by molar-refractivity contribution is 6.01. The van der Waals surface area contributed by atoms with Gasteiger partial charge in [-0.25, -0.2) is 9.97 Å². The Labute approximate surface area is 146 Å². The number of amides is 2. The van der Waals surface area contributed by atoms with Crippen molar-refractivity contribution in [2.45, 2.75) is 32.6 Å². The molecule has 2 amide bonds. The van der Waals surface area contributed by atoms with Gasteiger partial charge in [0.25, 0.3) is 0 Å². The lowest BCUT2D eigenvalue weighted by molar-refractivity contribution is -0.138. The third-order valence-electron chi connectivity index (χ3n) is 4.10. The predicted molar refractivity (Wildman–Crippen MR) is 93.7 cm³/mol. The van der Waals surface area contributed by atoms with E-state index in [1.54, 1.807) is 12.4 Å². The lowest BCUT2D eigenvalue weighted by atomic mass is 10.2. The Bertz CT molecular complexity index is 747. The van der Waals surface area contributed by atoms with Gasteiger partial charge in [0.05, 0.1) is 0 Å². The van der Waals surface area contributed by atoms with Crippen molar-refractivity contribution in [1.82, 2.24) is 19.9 Å². The highest BCUT2D eigenvalue weighted by Crippen LogP contribution is 2.18. The summed E-state index contributed by atoms with van der Waals surface area (Å²) in [7, 11) is 0. The second-order valence-electron chi connectivity index (χ2n) is 5.88. The van der Waals surface area contributed by atoms with Crippen molar-refractivity contribution >= 4 is 17.6 Å². The van der Waals surface area contributed by atoms with E-state index in [1.807, 2.05) is 25.1 Å². The molecule has 1 N–H and O–H groups in total. The maximum absolute atomic E-state index is 11.6. The number of nitrogens with one attached hydrogen (secondary N) is 1. The van der Waals surface area contributed by atoms with Crippen molar-refractivity contribution in [2.75, 3.05) is 18.4 Å². The summed E-state index contributed by atoms with van der Waals surface area (Å²) in [6, 6.07) is 5.68. The first-order chi connectivity index (χ1) is 12.2. The SMILES string of the molecule is CCc1cc(NCCCN2C(=O)CCC2=O)nc(-c2ccncc2)n1. The highest BCUT2D eigenvalue weighted by atomic mass is 16.2. The zero-order chi connectivity index (χ0) is 17.6. The minimum atomic E-state index is -0.0692. The second kappa shape index (κ2) is 7.83. The number of rotatable bonds is 7. The Balaban J connectivity index is 1.62. The van der Waals surface area contributed by atoms with Crippen LogP contribution in [0.2, 0.25) is 0 Å². The molecule has 2 aromatic rings. The maximum Gasteiger partial charge on any atom is 0.229 e. The van der Waals surface area contributed by atoms with Crippen LogP contribution in [0.1, 0.15) is 31.9 Å². The van der Waals surface area contributed by atoms with Gasteiger partial charge in [-0.05, 0) is 25.0 Å².